The van der Waals surface area contributed by atoms with Gasteiger partial charge < -0.3 is 24.9 Å². The summed E-state index contributed by atoms with van der Waals surface area (Å²) in [7, 11) is -1.73. The highest BCUT2D eigenvalue weighted by atomic mass is 31.2. The van der Waals surface area contributed by atoms with Crippen molar-refractivity contribution in [2.24, 2.45) is 0 Å². The van der Waals surface area contributed by atoms with E-state index in [4.69, 9.17) is 15.0 Å². The molecular formula is C22H29N6O3P. The molecular weight excluding hydrogens is 427 g/mol. The fourth-order valence-electron chi connectivity index (χ4n) is 3.72. The number of fused-ring (bicyclic) bond motifs is 2. The lowest BCUT2D eigenvalue weighted by molar-refractivity contribution is -0.0310. The zero-order valence-corrected chi connectivity index (χ0v) is 19.1. The molecule has 170 valence electrons. The third kappa shape index (κ3) is 5.09. The second-order valence-electron chi connectivity index (χ2n) is 7.60. The molecule has 0 aliphatic rings. The van der Waals surface area contributed by atoms with Crippen LogP contribution in [0.3, 0.4) is 0 Å². The summed E-state index contributed by atoms with van der Waals surface area (Å²) in [4.78, 5) is 17.5. The number of rotatable bonds is 11. The molecule has 10 heteroatoms. The lowest BCUT2D eigenvalue weighted by Crippen LogP contribution is -2.22. The SMILES string of the molecule is CCC(COP(O)NCCc1c[nH]c2ccccc12)O[C@H](C)c1ccc2c(N)ncnn12. The molecule has 9 nitrogen and oxygen atoms in total. The Morgan fingerprint density at radius 1 is 1.28 bits per heavy atom. The van der Waals surface area contributed by atoms with E-state index < -0.39 is 8.53 Å². The van der Waals surface area contributed by atoms with Crippen LogP contribution in [0, 0.1) is 0 Å². The number of benzene rings is 1. The molecule has 3 heterocycles. The Labute approximate surface area is 187 Å². The standard InChI is InChI=1S/C22H29N6O3P/c1-3-17(31-15(2)20-8-9-21-22(23)25-14-26-28(20)21)13-30-32(29)27-11-10-16-12-24-19-7-5-4-6-18(16)19/h4-9,12,14-15,17,24,27,29H,3,10-11,13H2,1-2H3,(H2,23,25,26)/t15-,17?,32?/m1/s1. The zero-order chi connectivity index (χ0) is 22.5. The number of nitrogens with one attached hydrogen (secondary N) is 2. The molecule has 32 heavy (non-hydrogen) atoms. The van der Waals surface area contributed by atoms with Crippen molar-refractivity contribution in [1.29, 1.82) is 0 Å². The van der Waals surface area contributed by atoms with E-state index in [1.165, 1.54) is 17.3 Å². The molecule has 0 saturated carbocycles. The highest BCUT2D eigenvalue weighted by Gasteiger charge is 2.19. The first-order chi connectivity index (χ1) is 15.6. The van der Waals surface area contributed by atoms with Gasteiger partial charge in [0.1, 0.15) is 11.8 Å². The molecule has 1 aromatic carbocycles. The maximum atomic E-state index is 10.3. The van der Waals surface area contributed by atoms with Crippen LogP contribution in [-0.2, 0) is 15.7 Å². The van der Waals surface area contributed by atoms with Crippen LogP contribution in [0.4, 0.5) is 5.82 Å². The van der Waals surface area contributed by atoms with E-state index in [-0.39, 0.29) is 12.2 Å². The van der Waals surface area contributed by atoms with Crippen molar-refractivity contribution in [3.63, 3.8) is 0 Å². The number of aromatic nitrogens is 4. The number of nitrogen functional groups attached to an aromatic ring is 1. The van der Waals surface area contributed by atoms with Crippen LogP contribution in [0.15, 0.2) is 48.9 Å². The van der Waals surface area contributed by atoms with Crippen LogP contribution in [0.25, 0.3) is 16.4 Å². The predicted octanol–water partition coefficient (Wildman–Crippen LogP) is 3.72. The van der Waals surface area contributed by atoms with Crippen molar-refractivity contribution in [1.82, 2.24) is 24.7 Å². The summed E-state index contributed by atoms with van der Waals surface area (Å²) in [6, 6.07) is 12.0. The van der Waals surface area contributed by atoms with Crippen molar-refractivity contribution in [2.45, 2.75) is 38.9 Å². The Bertz CT molecular complexity index is 1160. The number of ether oxygens (including phenoxy) is 1. The monoisotopic (exact) mass is 456 g/mol. The molecule has 5 N–H and O–H groups in total. The van der Waals surface area contributed by atoms with Crippen LogP contribution in [-0.4, -0.2) is 43.7 Å². The molecule has 3 atom stereocenters. The summed E-state index contributed by atoms with van der Waals surface area (Å²) in [6.45, 7) is 4.91. The number of H-pyrrole nitrogens is 1. The molecule has 0 aliphatic carbocycles. The van der Waals surface area contributed by atoms with E-state index >= 15 is 0 Å². The van der Waals surface area contributed by atoms with Gasteiger partial charge in [-0.15, -0.1) is 0 Å². The van der Waals surface area contributed by atoms with Gasteiger partial charge in [0.2, 0.25) is 0 Å². The summed E-state index contributed by atoms with van der Waals surface area (Å²) in [5.41, 5.74) is 9.87. The number of aromatic amines is 1. The molecule has 4 aromatic rings. The van der Waals surface area contributed by atoms with Gasteiger partial charge in [-0.2, -0.15) is 5.10 Å². The normalized spacial score (nSPS) is 14.7. The van der Waals surface area contributed by atoms with Crippen molar-refractivity contribution < 1.29 is 14.2 Å². The molecule has 0 radical (unpaired) electrons. The Kier molecular flexibility index (Phi) is 7.34. The second kappa shape index (κ2) is 10.4. The first-order valence-electron chi connectivity index (χ1n) is 10.7. The van der Waals surface area contributed by atoms with E-state index in [1.807, 2.05) is 44.3 Å². The molecule has 0 aliphatic heterocycles. The van der Waals surface area contributed by atoms with Crippen molar-refractivity contribution in [3.05, 3.63) is 60.2 Å². The molecule has 0 amide bonds. The summed E-state index contributed by atoms with van der Waals surface area (Å²) < 4.78 is 13.6. The number of para-hydroxylation sites is 1. The van der Waals surface area contributed by atoms with Gasteiger partial charge in [-0.3, -0.25) is 5.09 Å². The molecule has 0 fully saturated rings. The Morgan fingerprint density at radius 2 is 2.12 bits per heavy atom. The van der Waals surface area contributed by atoms with E-state index in [9.17, 15) is 4.89 Å². The van der Waals surface area contributed by atoms with Gasteiger partial charge in [0.25, 0.3) is 8.53 Å². The third-order valence-corrected chi connectivity index (χ3v) is 6.37. The highest BCUT2D eigenvalue weighted by Crippen LogP contribution is 2.29. The predicted molar refractivity (Wildman–Crippen MR) is 126 cm³/mol. The molecule has 0 bridgehead atoms. The lowest BCUT2D eigenvalue weighted by atomic mass is 10.1. The van der Waals surface area contributed by atoms with Gasteiger partial charge >= 0.3 is 0 Å². The number of nitrogens with two attached hydrogens (primary N) is 1. The van der Waals surface area contributed by atoms with Crippen LogP contribution >= 0.6 is 8.53 Å². The minimum atomic E-state index is -1.73. The topological polar surface area (TPSA) is 123 Å². The minimum Gasteiger partial charge on any atom is -0.382 e. The molecule has 4 rings (SSSR count). The fourth-order valence-corrected chi connectivity index (χ4v) is 4.42. The van der Waals surface area contributed by atoms with Gasteiger partial charge in [0, 0.05) is 23.6 Å². The zero-order valence-electron chi connectivity index (χ0n) is 18.2. The summed E-state index contributed by atoms with van der Waals surface area (Å²) in [5, 5.41) is 8.54. The van der Waals surface area contributed by atoms with Crippen molar-refractivity contribution >= 4 is 30.8 Å². The maximum Gasteiger partial charge on any atom is 0.253 e. The Morgan fingerprint density at radius 3 is 2.97 bits per heavy atom. The van der Waals surface area contributed by atoms with E-state index in [0.29, 0.717) is 19.0 Å². The third-order valence-electron chi connectivity index (χ3n) is 5.48. The number of nitrogens with zero attached hydrogens (tertiary/aromatic N) is 3. The van der Waals surface area contributed by atoms with Crippen molar-refractivity contribution in [2.75, 3.05) is 18.9 Å². The van der Waals surface area contributed by atoms with Gasteiger partial charge in [-0.25, -0.2) is 9.50 Å². The summed E-state index contributed by atoms with van der Waals surface area (Å²) in [5.74, 6) is 0.429. The van der Waals surface area contributed by atoms with Crippen molar-refractivity contribution in [3.8, 4) is 0 Å². The fraction of sp³-hybridized carbons (Fsp3) is 0.364. The second-order valence-corrected chi connectivity index (χ2v) is 8.72. The average molecular weight is 456 g/mol. The first-order valence-corrected chi connectivity index (χ1v) is 11.9. The summed E-state index contributed by atoms with van der Waals surface area (Å²) >= 11 is 0. The Hall–Kier alpha value is -2.55. The minimum absolute atomic E-state index is 0.165. The molecule has 3 aromatic heterocycles. The van der Waals surface area contributed by atoms with Gasteiger partial charge in [0.15, 0.2) is 5.82 Å². The van der Waals surface area contributed by atoms with E-state index in [2.05, 4.69) is 32.3 Å². The Balaban J connectivity index is 1.25. The van der Waals surface area contributed by atoms with Gasteiger partial charge in [0.05, 0.1) is 24.5 Å². The number of anilines is 1. The maximum absolute atomic E-state index is 10.3. The summed E-state index contributed by atoms with van der Waals surface area (Å²) in [6.07, 6.45) is 4.61. The largest absolute Gasteiger partial charge is 0.382 e. The highest BCUT2D eigenvalue weighted by molar-refractivity contribution is 7.43. The van der Waals surface area contributed by atoms with Crippen LogP contribution in [0.2, 0.25) is 0 Å². The van der Waals surface area contributed by atoms with Crippen LogP contribution in [0.5, 0.6) is 0 Å². The number of hydrogen-bond acceptors (Lipinski definition) is 7. The molecule has 0 spiro atoms. The van der Waals surface area contributed by atoms with E-state index in [0.717, 1.165) is 29.6 Å². The van der Waals surface area contributed by atoms with Gasteiger partial charge in [-0.05, 0) is 43.5 Å². The van der Waals surface area contributed by atoms with E-state index in [1.54, 1.807) is 4.52 Å². The van der Waals surface area contributed by atoms with Gasteiger partial charge in [-0.1, -0.05) is 25.1 Å². The number of hydrogen-bond donors (Lipinski definition) is 4. The first kappa shape index (κ1) is 22.6. The quantitative estimate of drug-likeness (QED) is 0.254. The average Bonchev–Trinajstić information content (AvgIpc) is 3.42. The van der Waals surface area contributed by atoms with Crippen LogP contribution in [0.1, 0.15) is 37.6 Å². The smallest absolute Gasteiger partial charge is 0.253 e. The van der Waals surface area contributed by atoms with Crippen LogP contribution < -0.4 is 10.8 Å². The molecule has 2 unspecified atom stereocenters. The molecule has 0 saturated heterocycles. The lowest BCUT2D eigenvalue weighted by Gasteiger charge is -2.22.